The first-order valence-corrected chi connectivity index (χ1v) is 9.04. The van der Waals surface area contributed by atoms with Gasteiger partial charge in [0, 0.05) is 24.9 Å². The predicted octanol–water partition coefficient (Wildman–Crippen LogP) is 2.20. The van der Waals surface area contributed by atoms with Crippen molar-refractivity contribution in [2.24, 2.45) is 0 Å². The second-order valence-corrected chi connectivity index (χ2v) is 7.27. The van der Waals surface area contributed by atoms with Crippen LogP contribution in [0, 0.1) is 0 Å². The quantitative estimate of drug-likeness (QED) is 0.872. The molecule has 1 aliphatic rings. The lowest BCUT2D eigenvalue weighted by Gasteiger charge is -2.25. The van der Waals surface area contributed by atoms with E-state index in [4.69, 9.17) is 5.73 Å². The number of thiazole rings is 1. The van der Waals surface area contributed by atoms with Crippen LogP contribution in [0.1, 0.15) is 35.9 Å². The summed E-state index contributed by atoms with van der Waals surface area (Å²) in [5, 5.41) is 4.20. The third-order valence-corrected chi connectivity index (χ3v) is 5.53. The van der Waals surface area contributed by atoms with Gasteiger partial charge in [-0.2, -0.15) is 11.8 Å². The van der Waals surface area contributed by atoms with E-state index in [2.05, 4.69) is 22.1 Å². The van der Waals surface area contributed by atoms with Crippen LogP contribution in [0.5, 0.6) is 0 Å². The predicted molar refractivity (Wildman–Crippen MR) is 87.9 cm³/mol. The van der Waals surface area contributed by atoms with Gasteiger partial charge in [-0.1, -0.05) is 18.3 Å². The number of nitrogens with zero attached hydrogens (tertiary/aromatic N) is 2. The molecule has 20 heavy (non-hydrogen) atoms. The van der Waals surface area contributed by atoms with Gasteiger partial charge in [0.1, 0.15) is 10.7 Å². The Kier molecular flexibility index (Phi) is 5.54. The van der Waals surface area contributed by atoms with E-state index in [0.29, 0.717) is 22.5 Å². The molecular formula is C13H22N4OS2. The van der Waals surface area contributed by atoms with E-state index < -0.39 is 0 Å². The largest absolute Gasteiger partial charge is 0.382 e. The number of nitrogens with two attached hydrogens (primary N) is 1. The van der Waals surface area contributed by atoms with Crippen molar-refractivity contribution in [3.63, 3.8) is 0 Å². The minimum absolute atomic E-state index is 0.107. The van der Waals surface area contributed by atoms with E-state index in [9.17, 15) is 4.79 Å². The van der Waals surface area contributed by atoms with Crippen molar-refractivity contribution < 1.29 is 4.79 Å². The summed E-state index contributed by atoms with van der Waals surface area (Å²) in [6, 6.07) is 0. The Hall–Kier alpha value is -0.950. The van der Waals surface area contributed by atoms with Crippen molar-refractivity contribution in [2.75, 3.05) is 36.5 Å². The van der Waals surface area contributed by atoms with E-state index in [1.165, 1.54) is 30.6 Å². The molecule has 0 aliphatic carbocycles. The highest BCUT2D eigenvalue weighted by Crippen LogP contribution is 2.29. The Morgan fingerprint density at radius 1 is 1.50 bits per heavy atom. The number of hydrogen-bond donors (Lipinski definition) is 2. The van der Waals surface area contributed by atoms with Crippen molar-refractivity contribution >= 4 is 40.0 Å². The molecule has 1 aromatic rings. The first-order valence-electron chi connectivity index (χ1n) is 6.94. The molecule has 1 aliphatic heterocycles. The maximum absolute atomic E-state index is 12.1. The summed E-state index contributed by atoms with van der Waals surface area (Å²) < 4.78 is 0. The first-order chi connectivity index (χ1) is 9.61. The Labute approximate surface area is 128 Å². The van der Waals surface area contributed by atoms with Gasteiger partial charge in [-0.25, -0.2) is 4.98 Å². The van der Waals surface area contributed by atoms with Gasteiger partial charge in [-0.05, 0) is 25.5 Å². The van der Waals surface area contributed by atoms with Gasteiger partial charge in [0.2, 0.25) is 0 Å². The number of nitrogens with one attached hydrogen (secondary N) is 1. The van der Waals surface area contributed by atoms with E-state index >= 15 is 0 Å². The van der Waals surface area contributed by atoms with Crippen LogP contribution in [0.25, 0.3) is 0 Å². The van der Waals surface area contributed by atoms with E-state index in [1.54, 1.807) is 11.8 Å². The Bertz CT molecular complexity index is 457. The number of hydrogen-bond acceptors (Lipinski definition) is 6. The van der Waals surface area contributed by atoms with Crippen LogP contribution < -0.4 is 16.0 Å². The van der Waals surface area contributed by atoms with Crippen LogP contribution in [0.3, 0.4) is 0 Å². The first kappa shape index (κ1) is 15.4. The van der Waals surface area contributed by atoms with Crippen LogP contribution >= 0.6 is 23.1 Å². The highest BCUT2D eigenvalue weighted by Gasteiger charge is 2.20. The standard InChI is InChI=1S/C13H22N4OS2/c1-9(19-2)8-15-12(18)10-11(14)16-13(20-10)17-6-4-3-5-7-17/h9H,3-8,14H2,1-2H3,(H,15,18). The molecule has 0 radical (unpaired) electrons. The molecule has 0 saturated carbocycles. The summed E-state index contributed by atoms with van der Waals surface area (Å²) in [6.45, 7) is 4.76. The van der Waals surface area contributed by atoms with Gasteiger partial charge in [-0.3, -0.25) is 4.79 Å². The molecule has 0 spiro atoms. The van der Waals surface area contributed by atoms with Crippen LogP contribution in [-0.2, 0) is 0 Å². The number of aromatic nitrogens is 1. The lowest BCUT2D eigenvalue weighted by molar-refractivity contribution is 0.0959. The fraction of sp³-hybridized carbons (Fsp3) is 0.692. The molecule has 1 atom stereocenters. The average molecular weight is 314 g/mol. The normalized spacial score (nSPS) is 17.0. The van der Waals surface area contributed by atoms with Crippen molar-refractivity contribution in [2.45, 2.75) is 31.4 Å². The lowest BCUT2D eigenvalue weighted by Crippen LogP contribution is -2.29. The maximum atomic E-state index is 12.1. The monoisotopic (exact) mass is 314 g/mol. The molecule has 1 fully saturated rings. The van der Waals surface area contributed by atoms with Crippen LogP contribution in [0.4, 0.5) is 10.9 Å². The van der Waals surface area contributed by atoms with Gasteiger partial charge in [-0.15, -0.1) is 0 Å². The molecular weight excluding hydrogens is 292 g/mol. The lowest BCUT2D eigenvalue weighted by atomic mass is 10.1. The number of thioether (sulfide) groups is 1. The summed E-state index contributed by atoms with van der Waals surface area (Å²) in [7, 11) is 0. The zero-order valence-corrected chi connectivity index (χ0v) is 13.6. The van der Waals surface area contributed by atoms with Crippen LogP contribution in [0.2, 0.25) is 0 Å². The number of carbonyl (C=O) groups excluding carboxylic acids is 1. The third-order valence-electron chi connectivity index (χ3n) is 3.43. The number of piperidine rings is 1. The summed E-state index contributed by atoms with van der Waals surface area (Å²) in [5.41, 5.74) is 5.89. The molecule has 5 nitrogen and oxygen atoms in total. The summed E-state index contributed by atoms with van der Waals surface area (Å²) >= 11 is 3.13. The summed E-state index contributed by atoms with van der Waals surface area (Å²) in [4.78, 5) is 19.3. The number of carbonyl (C=O) groups is 1. The van der Waals surface area contributed by atoms with E-state index in [0.717, 1.165) is 18.2 Å². The highest BCUT2D eigenvalue weighted by atomic mass is 32.2. The van der Waals surface area contributed by atoms with Gasteiger partial charge >= 0.3 is 0 Å². The second kappa shape index (κ2) is 7.17. The number of anilines is 2. The molecule has 7 heteroatoms. The summed E-state index contributed by atoms with van der Waals surface area (Å²) in [6.07, 6.45) is 5.68. The number of rotatable bonds is 5. The topological polar surface area (TPSA) is 71.2 Å². The molecule has 1 aromatic heterocycles. The Morgan fingerprint density at radius 2 is 2.20 bits per heavy atom. The van der Waals surface area contributed by atoms with Crippen molar-refractivity contribution in [3.05, 3.63) is 4.88 Å². The Balaban J connectivity index is 2.01. The van der Waals surface area contributed by atoms with Gasteiger partial charge in [0.05, 0.1) is 0 Å². The van der Waals surface area contributed by atoms with E-state index in [1.807, 2.05) is 6.26 Å². The maximum Gasteiger partial charge on any atom is 0.265 e. The molecule has 3 N–H and O–H groups in total. The number of nitrogen functional groups attached to an aromatic ring is 1. The minimum Gasteiger partial charge on any atom is -0.382 e. The Morgan fingerprint density at radius 3 is 2.85 bits per heavy atom. The van der Waals surface area contributed by atoms with Crippen LogP contribution in [-0.4, -0.2) is 42.0 Å². The molecule has 2 heterocycles. The molecule has 112 valence electrons. The molecule has 0 bridgehead atoms. The van der Waals surface area contributed by atoms with Crippen molar-refractivity contribution in [1.82, 2.24) is 10.3 Å². The highest BCUT2D eigenvalue weighted by molar-refractivity contribution is 7.99. The molecule has 0 aromatic carbocycles. The number of amides is 1. The minimum atomic E-state index is -0.107. The smallest absolute Gasteiger partial charge is 0.265 e. The van der Waals surface area contributed by atoms with Gasteiger partial charge in [0.25, 0.3) is 5.91 Å². The zero-order chi connectivity index (χ0) is 14.5. The molecule has 1 amide bonds. The van der Waals surface area contributed by atoms with Gasteiger partial charge < -0.3 is 16.0 Å². The average Bonchev–Trinajstić information content (AvgIpc) is 2.87. The summed E-state index contributed by atoms with van der Waals surface area (Å²) in [5.74, 6) is 0.244. The zero-order valence-electron chi connectivity index (χ0n) is 12.0. The fourth-order valence-corrected chi connectivity index (χ4v) is 3.31. The molecule has 1 unspecified atom stereocenters. The van der Waals surface area contributed by atoms with Crippen LogP contribution in [0.15, 0.2) is 0 Å². The second-order valence-electron chi connectivity index (χ2n) is 5.01. The van der Waals surface area contributed by atoms with Crippen molar-refractivity contribution in [1.29, 1.82) is 0 Å². The molecule has 1 saturated heterocycles. The van der Waals surface area contributed by atoms with E-state index in [-0.39, 0.29) is 5.91 Å². The third kappa shape index (κ3) is 3.79. The fourth-order valence-electron chi connectivity index (χ4n) is 2.10. The molecule has 2 rings (SSSR count). The van der Waals surface area contributed by atoms with Crippen molar-refractivity contribution in [3.8, 4) is 0 Å². The SMILES string of the molecule is CSC(C)CNC(=O)c1sc(N2CCCCC2)nc1N. The van der Waals surface area contributed by atoms with Gasteiger partial charge in [0.15, 0.2) is 5.13 Å².